The van der Waals surface area contributed by atoms with E-state index in [2.05, 4.69) is 72.3 Å². The zero-order chi connectivity index (χ0) is 15.2. The molecule has 0 bridgehead atoms. The van der Waals surface area contributed by atoms with E-state index in [1.165, 1.54) is 11.3 Å². The van der Waals surface area contributed by atoms with Gasteiger partial charge in [0.1, 0.15) is 0 Å². The van der Waals surface area contributed by atoms with Crippen molar-refractivity contribution in [2.75, 3.05) is 6.54 Å². The molecule has 2 aromatic rings. The molecule has 1 atom stereocenters. The van der Waals surface area contributed by atoms with E-state index >= 15 is 0 Å². The lowest BCUT2D eigenvalue weighted by molar-refractivity contribution is 0.399. The highest BCUT2D eigenvalue weighted by Crippen LogP contribution is 2.21. The summed E-state index contributed by atoms with van der Waals surface area (Å²) in [5.41, 5.74) is 3.72. The quantitative estimate of drug-likeness (QED) is 0.782. The third kappa shape index (κ3) is 4.43. The predicted octanol–water partition coefficient (Wildman–Crippen LogP) is 3.88. The van der Waals surface area contributed by atoms with Gasteiger partial charge in [-0.25, -0.2) is 0 Å². The minimum atomic E-state index is 0.423. The fourth-order valence-corrected chi connectivity index (χ4v) is 2.79. The molecule has 1 aromatic carbocycles. The zero-order valence-electron chi connectivity index (χ0n) is 13.6. The molecule has 3 heteroatoms. The van der Waals surface area contributed by atoms with Crippen LogP contribution < -0.4 is 5.32 Å². The lowest BCUT2D eigenvalue weighted by Crippen LogP contribution is -2.27. The van der Waals surface area contributed by atoms with Crippen molar-refractivity contribution in [3.8, 4) is 0 Å². The molecule has 1 heterocycles. The summed E-state index contributed by atoms with van der Waals surface area (Å²) in [5, 5.41) is 8.20. The normalized spacial score (nSPS) is 12.8. The van der Waals surface area contributed by atoms with Gasteiger partial charge >= 0.3 is 0 Å². The Kier molecular flexibility index (Phi) is 5.57. The molecular weight excluding hydrogens is 258 g/mol. The number of nitrogens with one attached hydrogen (secondary N) is 1. The van der Waals surface area contributed by atoms with Gasteiger partial charge in [-0.05, 0) is 44.4 Å². The molecule has 0 spiro atoms. The Labute approximate surface area is 128 Å². The van der Waals surface area contributed by atoms with E-state index in [9.17, 15) is 0 Å². The van der Waals surface area contributed by atoms with Gasteiger partial charge < -0.3 is 5.32 Å². The Balaban J connectivity index is 1.84. The maximum atomic E-state index is 4.51. The second-order valence-corrected chi connectivity index (χ2v) is 6.09. The Bertz CT molecular complexity index is 543. The van der Waals surface area contributed by atoms with E-state index in [0.717, 1.165) is 25.2 Å². The van der Waals surface area contributed by atoms with Crippen LogP contribution in [0.25, 0.3) is 0 Å². The van der Waals surface area contributed by atoms with Gasteiger partial charge in [0, 0.05) is 18.3 Å². The van der Waals surface area contributed by atoms with Crippen molar-refractivity contribution in [3.63, 3.8) is 0 Å². The summed E-state index contributed by atoms with van der Waals surface area (Å²) in [6, 6.07) is 13.3. The van der Waals surface area contributed by atoms with Crippen LogP contribution in [0.4, 0.5) is 0 Å². The molecule has 0 fully saturated rings. The highest BCUT2D eigenvalue weighted by atomic mass is 15.3. The molecule has 1 unspecified atom stereocenters. The number of hydrogen-bond acceptors (Lipinski definition) is 2. The van der Waals surface area contributed by atoms with Crippen LogP contribution in [0.15, 0.2) is 36.4 Å². The van der Waals surface area contributed by atoms with Gasteiger partial charge in [-0.15, -0.1) is 0 Å². The summed E-state index contributed by atoms with van der Waals surface area (Å²) in [6.45, 7) is 10.7. The van der Waals surface area contributed by atoms with Gasteiger partial charge in [0.05, 0.1) is 5.69 Å². The van der Waals surface area contributed by atoms with Crippen LogP contribution in [0.2, 0.25) is 0 Å². The number of aromatic nitrogens is 2. The molecule has 0 radical (unpaired) electrons. The van der Waals surface area contributed by atoms with Gasteiger partial charge in [-0.2, -0.15) is 5.10 Å². The standard InChI is InChI=1S/C18H27N3/c1-14(2)18(17-9-6-5-7-10-17)19-11-8-12-21-16(4)13-15(3)20-21/h5-7,9-10,13-14,18-19H,8,11-12H2,1-4H3. The number of benzene rings is 1. The first kappa shape index (κ1) is 15.8. The van der Waals surface area contributed by atoms with Gasteiger partial charge in [0.25, 0.3) is 0 Å². The van der Waals surface area contributed by atoms with E-state index in [1.54, 1.807) is 0 Å². The third-order valence-electron chi connectivity index (χ3n) is 3.84. The van der Waals surface area contributed by atoms with Gasteiger partial charge in [0.15, 0.2) is 0 Å². The smallest absolute Gasteiger partial charge is 0.0596 e. The molecule has 1 N–H and O–H groups in total. The molecular formula is C18H27N3. The number of aryl methyl sites for hydroxylation is 3. The van der Waals surface area contributed by atoms with Crippen LogP contribution >= 0.6 is 0 Å². The monoisotopic (exact) mass is 285 g/mol. The first-order chi connectivity index (χ1) is 10.1. The van der Waals surface area contributed by atoms with E-state index in [-0.39, 0.29) is 0 Å². The SMILES string of the molecule is Cc1cc(C)n(CCCNC(c2ccccc2)C(C)C)n1. The Morgan fingerprint density at radius 2 is 1.86 bits per heavy atom. The molecule has 3 nitrogen and oxygen atoms in total. The minimum Gasteiger partial charge on any atom is -0.310 e. The first-order valence-corrected chi connectivity index (χ1v) is 7.87. The average molecular weight is 285 g/mol. The molecule has 2 rings (SSSR count). The van der Waals surface area contributed by atoms with Crippen LogP contribution in [0.5, 0.6) is 0 Å². The van der Waals surface area contributed by atoms with Crippen molar-refractivity contribution >= 4 is 0 Å². The first-order valence-electron chi connectivity index (χ1n) is 7.87. The molecule has 21 heavy (non-hydrogen) atoms. The van der Waals surface area contributed by atoms with E-state index < -0.39 is 0 Å². The molecule has 0 saturated carbocycles. The Morgan fingerprint density at radius 1 is 1.14 bits per heavy atom. The molecule has 0 saturated heterocycles. The van der Waals surface area contributed by atoms with Crippen molar-refractivity contribution in [2.45, 2.75) is 46.7 Å². The summed E-state index contributed by atoms with van der Waals surface area (Å²) in [6.07, 6.45) is 1.10. The lowest BCUT2D eigenvalue weighted by Gasteiger charge is -2.23. The van der Waals surface area contributed by atoms with E-state index in [0.29, 0.717) is 12.0 Å². The predicted molar refractivity (Wildman–Crippen MR) is 88.3 cm³/mol. The fraction of sp³-hybridized carbons (Fsp3) is 0.500. The summed E-state index contributed by atoms with van der Waals surface area (Å²) in [7, 11) is 0. The molecule has 0 aliphatic heterocycles. The van der Waals surface area contributed by atoms with Crippen LogP contribution in [-0.4, -0.2) is 16.3 Å². The average Bonchev–Trinajstić information content (AvgIpc) is 2.77. The summed E-state index contributed by atoms with van der Waals surface area (Å²) < 4.78 is 2.10. The number of hydrogen-bond donors (Lipinski definition) is 1. The summed E-state index contributed by atoms with van der Waals surface area (Å²) in [4.78, 5) is 0. The molecule has 0 aliphatic carbocycles. The fourth-order valence-electron chi connectivity index (χ4n) is 2.79. The highest BCUT2D eigenvalue weighted by Gasteiger charge is 2.14. The van der Waals surface area contributed by atoms with Crippen LogP contribution in [0.1, 0.15) is 43.3 Å². The summed E-state index contributed by atoms with van der Waals surface area (Å²) >= 11 is 0. The van der Waals surface area contributed by atoms with Crippen molar-refractivity contribution in [1.82, 2.24) is 15.1 Å². The van der Waals surface area contributed by atoms with Gasteiger partial charge in [-0.3, -0.25) is 4.68 Å². The van der Waals surface area contributed by atoms with E-state index in [1.807, 2.05) is 6.92 Å². The largest absolute Gasteiger partial charge is 0.310 e. The Morgan fingerprint density at radius 3 is 2.43 bits per heavy atom. The number of rotatable bonds is 7. The molecule has 0 amide bonds. The second kappa shape index (κ2) is 7.41. The van der Waals surface area contributed by atoms with E-state index in [4.69, 9.17) is 0 Å². The Hall–Kier alpha value is -1.61. The van der Waals surface area contributed by atoms with Gasteiger partial charge in [0.2, 0.25) is 0 Å². The van der Waals surface area contributed by atoms with Crippen molar-refractivity contribution < 1.29 is 0 Å². The van der Waals surface area contributed by atoms with Crippen LogP contribution in [0.3, 0.4) is 0 Å². The minimum absolute atomic E-state index is 0.423. The highest BCUT2D eigenvalue weighted by molar-refractivity contribution is 5.19. The van der Waals surface area contributed by atoms with Gasteiger partial charge in [-0.1, -0.05) is 44.2 Å². The number of nitrogens with zero attached hydrogens (tertiary/aromatic N) is 2. The maximum absolute atomic E-state index is 4.51. The second-order valence-electron chi connectivity index (χ2n) is 6.09. The summed E-state index contributed by atoms with van der Waals surface area (Å²) in [5.74, 6) is 0.584. The van der Waals surface area contributed by atoms with Crippen molar-refractivity contribution in [3.05, 3.63) is 53.3 Å². The third-order valence-corrected chi connectivity index (χ3v) is 3.84. The maximum Gasteiger partial charge on any atom is 0.0596 e. The molecule has 0 aliphatic rings. The zero-order valence-corrected chi connectivity index (χ0v) is 13.6. The molecule has 1 aromatic heterocycles. The topological polar surface area (TPSA) is 29.9 Å². The van der Waals surface area contributed by atoms with Crippen LogP contribution in [-0.2, 0) is 6.54 Å². The molecule has 114 valence electrons. The van der Waals surface area contributed by atoms with Crippen LogP contribution in [0, 0.1) is 19.8 Å². The van der Waals surface area contributed by atoms with Crippen molar-refractivity contribution in [2.24, 2.45) is 5.92 Å². The van der Waals surface area contributed by atoms with Crippen molar-refractivity contribution in [1.29, 1.82) is 0 Å². The lowest BCUT2D eigenvalue weighted by atomic mass is 9.96.